The highest BCUT2D eigenvalue weighted by Crippen LogP contribution is 2.13. The van der Waals surface area contributed by atoms with Crippen LogP contribution in [0.3, 0.4) is 0 Å². The number of aromatic nitrogens is 3. The first-order valence-electron chi connectivity index (χ1n) is 7.56. The summed E-state index contributed by atoms with van der Waals surface area (Å²) < 4.78 is 0. The number of nitrogens with zero attached hydrogens (tertiary/aromatic N) is 5. The maximum Gasteiger partial charge on any atom is 0.247 e. The van der Waals surface area contributed by atoms with Crippen molar-refractivity contribution in [1.29, 1.82) is 0 Å². The van der Waals surface area contributed by atoms with E-state index in [4.69, 9.17) is 0 Å². The average Bonchev–Trinajstić information content (AvgIpc) is 2.53. The molecule has 6 heteroatoms. The van der Waals surface area contributed by atoms with Crippen LogP contribution in [0.25, 0.3) is 0 Å². The SMILES string of the molecule is CCN(Cc1ccccc1)c1nncc(NCCN(C)C)n1. The van der Waals surface area contributed by atoms with E-state index in [-0.39, 0.29) is 0 Å². The van der Waals surface area contributed by atoms with Crippen LogP contribution in [0, 0.1) is 0 Å². The standard InChI is InChI=1S/C16H24N6/c1-4-22(13-14-8-6-5-7-9-14)16-19-15(12-18-20-16)17-10-11-21(2)3/h5-9,12H,4,10-11,13H2,1-3H3,(H,17,19,20). The Balaban J connectivity index is 2.02. The van der Waals surface area contributed by atoms with E-state index in [1.807, 2.05) is 32.3 Å². The van der Waals surface area contributed by atoms with Crippen LogP contribution in [0.4, 0.5) is 11.8 Å². The molecule has 0 saturated carbocycles. The van der Waals surface area contributed by atoms with E-state index in [9.17, 15) is 0 Å². The Bertz CT molecular complexity index is 558. The third-order valence-electron chi connectivity index (χ3n) is 3.29. The predicted molar refractivity (Wildman–Crippen MR) is 90.0 cm³/mol. The Hall–Kier alpha value is -2.21. The van der Waals surface area contributed by atoms with Crippen molar-refractivity contribution >= 4 is 11.8 Å². The molecule has 0 unspecified atom stereocenters. The Morgan fingerprint density at radius 1 is 1.14 bits per heavy atom. The smallest absolute Gasteiger partial charge is 0.247 e. The summed E-state index contributed by atoms with van der Waals surface area (Å²) in [7, 11) is 4.09. The second-order valence-corrected chi connectivity index (χ2v) is 5.37. The number of hydrogen-bond donors (Lipinski definition) is 1. The predicted octanol–water partition coefficient (Wildman–Crippen LogP) is 1.87. The highest BCUT2D eigenvalue weighted by molar-refractivity contribution is 5.39. The molecule has 0 saturated heterocycles. The van der Waals surface area contributed by atoms with Gasteiger partial charge in [-0.2, -0.15) is 10.1 Å². The maximum atomic E-state index is 4.56. The number of anilines is 2. The highest BCUT2D eigenvalue weighted by Gasteiger charge is 2.10. The molecule has 1 N–H and O–H groups in total. The minimum Gasteiger partial charge on any atom is -0.367 e. The zero-order valence-corrected chi connectivity index (χ0v) is 13.5. The van der Waals surface area contributed by atoms with Crippen molar-refractivity contribution in [3.05, 3.63) is 42.1 Å². The van der Waals surface area contributed by atoms with E-state index in [0.29, 0.717) is 5.95 Å². The van der Waals surface area contributed by atoms with Gasteiger partial charge in [0.15, 0.2) is 5.82 Å². The normalized spacial score (nSPS) is 10.7. The Kier molecular flexibility index (Phi) is 6.09. The summed E-state index contributed by atoms with van der Waals surface area (Å²) in [6.45, 7) is 5.48. The molecule has 0 amide bonds. The van der Waals surface area contributed by atoms with Crippen LogP contribution in [-0.4, -0.2) is 53.8 Å². The van der Waals surface area contributed by atoms with Gasteiger partial charge in [-0.3, -0.25) is 0 Å². The topological polar surface area (TPSA) is 57.2 Å². The minimum absolute atomic E-state index is 0.654. The summed E-state index contributed by atoms with van der Waals surface area (Å²) in [5.74, 6) is 1.42. The van der Waals surface area contributed by atoms with Gasteiger partial charge in [0.05, 0.1) is 6.20 Å². The van der Waals surface area contributed by atoms with Gasteiger partial charge in [0, 0.05) is 26.2 Å². The van der Waals surface area contributed by atoms with Crippen molar-refractivity contribution in [3.8, 4) is 0 Å². The molecule has 0 fully saturated rings. The summed E-state index contributed by atoms with van der Waals surface area (Å²) in [6, 6.07) is 10.3. The molecule has 0 bridgehead atoms. The first kappa shape index (κ1) is 16.2. The molecule has 0 radical (unpaired) electrons. The van der Waals surface area contributed by atoms with E-state index >= 15 is 0 Å². The van der Waals surface area contributed by atoms with Gasteiger partial charge in [-0.1, -0.05) is 30.3 Å². The molecular weight excluding hydrogens is 276 g/mol. The third-order valence-corrected chi connectivity index (χ3v) is 3.29. The second kappa shape index (κ2) is 8.29. The van der Waals surface area contributed by atoms with Crippen LogP contribution in [-0.2, 0) is 6.54 Å². The van der Waals surface area contributed by atoms with Crippen LogP contribution >= 0.6 is 0 Å². The fourth-order valence-electron chi connectivity index (χ4n) is 2.05. The zero-order valence-electron chi connectivity index (χ0n) is 13.5. The van der Waals surface area contributed by atoms with Crippen molar-refractivity contribution in [3.63, 3.8) is 0 Å². The van der Waals surface area contributed by atoms with Gasteiger partial charge < -0.3 is 15.1 Å². The molecule has 0 atom stereocenters. The molecule has 1 aromatic carbocycles. The van der Waals surface area contributed by atoms with Crippen molar-refractivity contribution in [2.24, 2.45) is 0 Å². The van der Waals surface area contributed by atoms with Gasteiger partial charge in [-0.05, 0) is 26.6 Å². The van der Waals surface area contributed by atoms with Crippen LogP contribution < -0.4 is 10.2 Å². The third kappa shape index (κ3) is 4.96. The highest BCUT2D eigenvalue weighted by atomic mass is 15.3. The Labute approximate surface area is 132 Å². The number of benzene rings is 1. The number of likely N-dealkylation sites (N-methyl/N-ethyl adjacent to an activating group) is 1. The molecule has 0 aliphatic carbocycles. The fraction of sp³-hybridized carbons (Fsp3) is 0.438. The summed E-state index contributed by atoms with van der Waals surface area (Å²) in [6.07, 6.45) is 1.66. The first-order valence-corrected chi connectivity index (χ1v) is 7.56. The van der Waals surface area contributed by atoms with E-state index in [2.05, 4.69) is 49.4 Å². The van der Waals surface area contributed by atoms with E-state index < -0.39 is 0 Å². The lowest BCUT2D eigenvalue weighted by Gasteiger charge is -2.20. The molecule has 0 aliphatic rings. The molecule has 6 nitrogen and oxygen atoms in total. The molecule has 2 rings (SSSR count). The minimum atomic E-state index is 0.654. The quantitative estimate of drug-likeness (QED) is 0.803. The average molecular weight is 300 g/mol. The monoisotopic (exact) mass is 300 g/mol. The zero-order chi connectivity index (χ0) is 15.8. The number of nitrogens with one attached hydrogen (secondary N) is 1. The lowest BCUT2D eigenvalue weighted by atomic mass is 10.2. The van der Waals surface area contributed by atoms with Crippen LogP contribution in [0.15, 0.2) is 36.5 Å². The van der Waals surface area contributed by atoms with Crippen LogP contribution in [0.1, 0.15) is 12.5 Å². The summed E-state index contributed by atoms with van der Waals surface area (Å²) in [5, 5.41) is 11.5. The molecular formula is C16H24N6. The summed E-state index contributed by atoms with van der Waals surface area (Å²) in [5.41, 5.74) is 1.24. The van der Waals surface area contributed by atoms with Crippen molar-refractivity contribution in [2.45, 2.75) is 13.5 Å². The van der Waals surface area contributed by atoms with Crippen molar-refractivity contribution in [1.82, 2.24) is 20.1 Å². The largest absolute Gasteiger partial charge is 0.367 e. The first-order chi connectivity index (χ1) is 10.7. The van der Waals surface area contributed by atoms with Gasteiger partial charge >= 0.3 is 0 Å². The van der Waals surface area contributed by atoms with Crippen molar-refractivity contribution < 1.29 is 0 Å². The van der Waals surface area contributed by atoms with E-state index in [1.54, 1.807) is 6.20 Å². The molecule has 22 heavy (non-hydrogen) atoms. The Morgan fingerprint density at radius 2 is 1.91 bits per heavy atom. The van der Waals surface area contributed by atoms with Crippen molar-refractivity contribution in [2.75, 3.05) is 43.9 Å². The van der Waals surface area contributed by atoms with Crippen LogP contribution in [0.2, 0.25) is 0 Å². The van der Waals surface area contributed by atoms with Gasteiger partial charge in [0.25, 0.3) is 0 Å². The van der Waals surface area contributed by atoms with E-state index in [1.165, 1.54) is 5.56 Å². The van der Waals surface area contributed by atoms with Gasteiger partial charge in [-0.25, -0.2) is 0 Å². The maximum absolute atomic E-state index is 4.56. The van der Waals surface area contributed by atoms with Gasteiger partial charge in [0.1, 0.15) is 0 Å². The molecule has 0 spiro atoms. The number of hydrogen-bond acceptors (Lipinski definition) is 6. The summed E-state index contributed by atoms with van der Waals surface area (Å²) in [4.78, 5) is 8.79. The lowest BCUT2D eigenvalue weighted by molar-refractivity contribution is 0.425. The molecule has 0 aliphatic heterocycles. The fourth-order valence-corrected chi connectivity index (χ4v) is 2.05. The Morgan fingerprint density at radius 3 is 2.59 bits per heavy atom. The molecule has 1 aromatic heterocycles. The van der Waals surface area contributed by atoms with Gasteiger partial charge in [-0.15, -0.1) is 5.10 Å². The summed E-state index contributed by atoms with van der Waals surface area (Å²) >= 11 is 0. The molecule has 118 valence electrons. The van der Waals surface area contributed by atoms with E-state index in [0.717, 1.165) is 32.0 Å². The van der Waals surface area contributed by atoms with Gasteiger partial charge in [0.2, 0.25) is 5.95 Å². The lowest BCUT2D eigenvalue weighted by Crippen LogP contribution is -2.25. The molecule has 2 aromatic rings. The van der Waals surface area contributed by atoms with Crippen LogP contribution in [0.5, 0.6) is 0 Å². The molecule has 1 heterocycles. The number of rotatable bonds is 8. The second-order valence-electron chi connectivity index (χ2n) is 5.37.